The molecule has 2 aromatic rings. The second-order valence-corrected chi connectivity index (χ2v) is 14.5. The molecule has 0 aromatic heterocycles. The lowest BCUT2D eigenvalue weighted by atomic mass is 9.98. The van der Waals surface area contributed by atoms with Gasteiger partial charge in [-0.3, -0.25) is 37.8 Å². The molecule has 0 saturated carbocycles. The fourth-order valence-electron chi connectivity index (χ4n) is 5.11. The smallest absolute Gasteiger partial charge is 0.463 e. The van der Waals surface area contributed by atoms with E-state index >= 15 is 0 Å². The van der Waals surface area contributed by atoms with E-state index in [1.165, 1.54) is 0 Å². The van der Waals surface area contributed by atoms with Crippen molar-refractivity contribution in [1.29, 1.82) is 0 Å². The van der Waals surface area contributed by atoms with E-state index in [2.05, 4.69) is 0 Å². The van der Waals surface area contributed by atoms with Gasteiger partial charge in [0.25, 0.3) is 11.8 Å². The van der Waals surface area contributed by atoms with E-state index in [1.54, 1.807) is 30.3 Å². The lowest BCUT2D eigenvalue weighted by molar-refractivity contribution is -0.291. The van der Waals surface area contributed by atoms with Crippen molar-refractivity contribution in [2.24, 2.45) is 0 Å². The molecule has 1 saturated heterocycles. The Morgan fingerprint density at radius 1 is 0.768 bits per heavy atom. The summed E-state index contributed by atoms with van der Waals surface area (Å²) in [5, 5.41) is -1.64. The standard InChI is InChI=1S/C32H30Cl4NO18P/c1-13(38)47-11-18-26(50-14(2)39)27(51-15(3)40)28(52-16(4)41)32(53-18)55-56(45,46)49-12-19(31(44)48-10-17-8-6-5-7-9-17)54-37-29(42)20-21(30(37)43)23(34)25(36)24(35)22(20)33/h5-9,18-19,26-28,32H,10-12H2,1-4H3,(H,45,46)/t18-,19?,26-,27+,28-,32+/m1/s1. The Hall–Kier alpha value is -3.88. The molecule has 2 unspecified atom stereocenters. The Morgan fingerprint density at radius 2 is 1.29 bits per heavy atom. The van der Waals surface area contributed by atoms with E-state index in [0.717, 1.165) is 27.7 Å². The number of hydrogen-bond acceptors (Lipinski definition) is 17. The molecule has 2 aromatic carbocycles. The Kier molecular flexibility index (Phi) is 15.2. The number of halogens is 4. The number of carbonyl (C=O) groups excluding carboxylic acids is 7. The van der Waals surface area contributed by atoms with Crippen LogP contribution in [0.3, 0.4) is 0 Å². The Labute approximate surface area is 336 Å². The monoisotopic (exact) mass is 887 g/mol. The van der Waals surface area contributed by atoms with Gasteiger partial charge in [-0.05, 0) is 5.56 Å². The Balaban J connectivity index is 1.63. The summed E-state index contributed by atoms with van der Waals surface area (Å²) in [6, 6.07) is 8.13. The minimum absolute atomic E-state index is 0.0511. The van der Waals surface area contributed by atoms with Crippen LogP contribution in [0, 0.1) is 0 Å². The number of ether oxygens (including phenoxy) is 6. The zero-order valence-electron chi connectivity index (χ0n) is 29.3. The van der Waals surface area contributed by atoms with Gasteiger partial charge in [0.15, 0.2) is 18.3 Å². The van der Waals surface area contributed by atoms with Crippen LogP contribution in [-0.4, -0.2) is 102 Å². The number of hydroxylamine groups is 2. The molecule has 0 spiro atoms. The van der Waals surface area contributed by atoms with Crippen molar-refractivity contribution >= 4 is 95.9 Å². The van der Waals surface area contributed by atoms with Crippen LogP contribution in [0.4, 0.5) is 0 Å². The number of amides is 2. The second kappa shape index (κ2) is 19.0. The first-order valence-corrected chi connectivity index (χ1v) is 18.8. The summed E-state index contributed by atoms with van der Waals surface area (Å²) in [7, 11) is -5.57. The van der Waals surface area contributed by atoms with Crippen molar-refractivity contribution in [3.05, 3.63) is 67.1 Å². The molecule has 2 heterocycles. The molecule has 19 nitrogen and oxygen atoms in total. The number of nitrogens with zero attached hydrogens (tertiary/aromatic N) is 1. The van der Waals surface area contributed by atoms with E-state index in [4.69, 9.17) is 88.7 Å². The van der Waals surface area contributed by atoms with E-state index < -0.39 is 121 Å². The molecule has 1 fully saturated rings. The predicted molar refractivity (Wildman–Crippen MR) is 187 cm³/mol. The van der Waals surface area contributed by atoms with Crippen LogP contribution in [0.25, 0.3) is 0 Å². The molecular weight excluding hydrogens is 859 g/mol. The molecule has 2 aliphatic heterocycles. The van der Waals surface area contributed by atoms with Crippen molar-refractivity contribution in [2.75, 3.05) is 13.2 Å². The quantitative estimate of drug-likeness (QED) is 0.0659. The Bertz CT molecular complexity index is 1900. The summed E-state index contributed by atoms with van der Waals surface area (Å²) in [6.45, 7) is 1.46. The van der Waals surface area contributed by atoms with E-state index in [0.29, 0.717) is 5.56 Å². The second-order valence-electron chi connectivity index (χ2n) is 11.5. The fraction of sp³-hybridized carbons (Fsp3) is 0.406. The third-order valence-corrected chi connectivity index (χ3v) is 10.1. The summed E-state index contributed by atoms with van der Waals surface area (Å²) in [5.41, 5.74) is -0.592. The maximum absolute atomic E-state index is 13.5. The summed E-state index contributed by atoms with van der Waals surface area (Å²) in [5.74, 6) is -7.72. The lowest BCUT2D eigenvalue weighted by Crippen LogP contribution is -2.62. The molecule has 2 amide bonds. The van der Waals surface area contributed by atoms with Crippen LogP contribution in [-0.2, 0) is 77.5 Å². The number of esters is 5. The van der Waals surface area contributed by atoms with E-state index in [1.807, 2.05) is 0 Å². The van der Waals surface area contributed by atoms with Crippen LogP contribution < -0.4 is 0 Å². The molecule has 0 bridgehead atoms. The van der Waals surface area contributed by atoms with Gasteiger partial charge in [0.2, 0.25) is 12.4 Å². The van der Waals surface area contributed by atoms with Crippen molar-refractivity contribution < 1.29 is 85.3 Å². The maximum atomic E-state index is 13.5. The van der Waals surface area contributed by atoms with Crippen molar-refractivity contribution in [1.82, 2.24) is 5.06 Å². The number of phosphoric acid groups is 1. The molecule has 1 N–H and O–H groups in total. The number of hydrogen-bond donors (Lipinski definition) is 1. The highest BCUT2D eigenvalue weighted by Crippen LogP contribution is 2.48. The van der Waals surface area contributed by atoms with Crippen molar-refractivity contribution in [2.45, 2.75) is 71.1 Å². The van der Waals surface area contributed by atoms with Crippen LogP contribution in [0.2, 0.25) is 20.1 Å². The first kappa shape index (κ1) is 44.8. The van der Waals surface area contributed by atoms with Crippen LogP contribution in [0.1, 0.15) is 54.0 Å². The van der Waals surface area contributed by atoms with Crippen LogP contribution >= 0.6 is 54.2 Å². The summed E-state index contributed by atoms with van der Waals surface area (Å²) in [6.07, 6.45) is -11.4. The van der Waals surface area contributed by atoms with Crippen LogP contribution in [0.5, 0.6) is 0 Å². The number of phosphoric ester groups is 1. The topological polar surface area (TPSA) is 243 Å². The fourth-order valence-corrected chi connectivity index (χ4v) is 6.94. The predicted octanol–water partition coefficient (Wildman–Crippen LogP) is 4.16. The van der Waals surface area contributed by atoms with Crippen molar-refractivity contribution in [3.8, 4) is 0 Å². The number of imide groups is 1. The van der Waals surface area contributed by atoms with Gasteiger partial charge in [-0.15, -0.1) is 5.06 Å². The highest BCUT2D eigenvalue weighted by Gasteiger charge is 2.55. The highest BCUT2D eigenvalue weighted by atomic mass is 35.5. The maximum Gasteiger partial charge on any atom is 0.474 e. The SMILES string of the molecule is CC(=O)OC[C@H]1O[C@@H](OP(=O)(O)OCC(ON2C(=O)c3c(Cl)c(Cl)c(Cl)c(Cl)c3C2=O)C(=O)OCc2ccccc2)[C@H](OC(C)=O)[C@@H](OC(C)=O)[C@@H]1OC(C)=O. The number of benzene rings is 2. The number of carbonyl (C=O) groups is 7. The van der Waals surface area contributed by atoms with Crippen LogP contribution in [0.15, 0.2) is 30.3 Å². The van der Waals surface area contributed by atoms with Gasteiger partial charge in [-0.2, -0.15) is 0 Å². The average molecular weight is 889 g/mol. The molecule has 2 aliphatic rings. The first-order valence-electron chi connectivity index (χ1n) is 15.8. The molecule has 4 rings (SSSR count). The van der Waals surface area contributed by atoms with Gasteiger partial charge >= 0.3 is 37.7 Å². The van der Waals surface area contributed by atoms with Gasteiger partial charge < -0.3 is 33.3 Å². The van der Waals surface area contributed by atoms with Gasteiger partial charge in [0, 0.05) is 27.7 Å². The number of fused-ring (bicyclic) bond motifs is 1. The normalized spacial score (nSPS) is 22.0. The zero-order chi connectivity index (χ0) is 41.6. The van der Waals surface area contributed by atoms with Gasteiger partial charge in [-0.25, -0.2) is 14.2 Å². The molecule has 304 valence electrons. The lowest BCUT2D eigenvalue weighted by Gasteiger charge is -2.44. The van der Waals surface area contributed by atoms with E-state index in [9.17, 15) is 43.0 Å². The third kappa shape index (κ3) is 10.9. The van der Waals surface area contributed by atoms with Gasteiger partial charge in [-0.1, -0.05) is 76.7 Å². The molecule has 7 atom stereocenters. The van der Waals surface area contributed by atoms with Crippen molar-refractivity contribution in [3.63, 3.8) is 0 Å². The molecule has 56 heavy (non-hydrogen) atoms. The largest absolute Gasteiger partial charge is 0.474 e. The minimum atomic E-state index is -5.57. The highest BCUT2D eigenvalue weighted by molar-refractivity contribution is 7.47. The summed E-state index contributed by atoms with van der Waals surface area (Å²) >= 11 is 24.5. The Morgan fingerprint density at radius 3 is 1.80 bits per heavy atom. The van der Waals surface area contributed by atoms with E-state index in [-0.39, 0.29) is 21.7 Å². The molecule has 0 radical (unpaired) electrons. The van der Waals surface area contributed by atoms with Gasteiger partial charge in [0.1, 0.15) is 19.3 Å². The summed E-state index contributed by atoms with van der Waals surface area (Å²) < 4.78 is 55.2. The zero-order valence-corrected chi connectivity index (χ0v) is 33.2. The summed E-state index contributed by atoms with van der Waals surface area (Å²) in [4.78, 5) is 104. The third-order valence-electron chi connectivity index (χ3n) is 7.36. The first-order chi connectivity index (χ1) is 26.2. The molecule has 0 aliphatic carbocycles. The number of rotatable bonds is 15. The van der Waals surface area contributed by atoms with Gasteiger partial charge in [0.05, 0.1) is 37.8 Å². The average Bonchev–Trinajstić information content (AvgIpc) is 3.36. The minimum Gasteiger partial charge on any atom is -0.463 e. The molecule has 24 heteroatoms. The molecular formula is C32H30Cl4NO18P.